The van der Waals surface area contributed by atoms with Crippen LogP contribution in [0.4, 0.5) is 0 Å². The number of rotatable bonds is 5. The zero-order chi connectivity index (χ0) is 16.9. The number of carbonyl (C=O) groups excluding carboxylic acids is 1. The largest absolute Gasteiger partial charge is 0.508 e. The average molecular weight is 331 g/mol. The van der Waals surface area contributed by atoms with Gasteiger partial charge in [0.2, 0.25) is 0 Å². The molecule has 0 unspecified atom stereocenters. The first-order valence-electron chi connectivity index (χ1n) is 7.98. The molecular formula is C17H21N3O4. The highest BCUT2D eigenvalue weighted by Gasteiger charge is 2.19. The number of ether oxygens (including phenoxy) is 1. The summed E-state index contributed by atoms with van der Waals surface area (Å²) in [6.07, 6.45) is 0. The lowest BCUT2D eigenvalue weighted by molar-refractivity contribution is 0.0305. The summed E-state index contributed by atoms with van der Waals surface area (Å²) in [7, 11) is 0. The molecular weight excluding hydrogens is 310 g/mol. The Hall–Kier alpha value is -2.38. The van der Waals surface area contributed by atoms with Crippen molar-refractivity contribution in [1.82, 2.24) is 15.4 Å². The zero-order valence-corrected chi connectivity index (χ0v) is 13.6. The van der Waals surface area contributed by atoms with E-state index in [9.17, 15) is 9.90 Å². The van der Waals surface area contributed by atoms with Gasteiger partial charge >= 0.3 is 0 Å². The van der Waals surface area contributed by atoms with E-state index in [-0.39, 0.29) is 23.4 Å². The Balaban J connectivity index is 1.60. The van der Waals surface area contributed by atoms with Crippen LogP contribution in [0, 0.1) is 0 Å². The van der Waals surface area contributed by atoms with E-state index in [2.05, 4.69) is 15.4 Å². The van der Waals surface area contributed by atoms with Gasteiger partial charge in [0.1, 0.15) is 5.75 Å². The number of phenols is 1. The fraction of sp³-hybridized carbons (Fsp3) is 0.412. The summed E-state index contributed by atoms with van der Waals surface area (Å²) >= 11 is 0. The van der Waals surface area contributed by atoms with Crippen molar-refractivity contribution >= 4 is 5.91 Å². The van der Waals surface area contributed by atoms with Gasteiger partial charge in [-0.25, -0.2) is 0 Å². The molecule has 1 atom stereocenters. The molecule has 1 aromatic heterocycles. The second kappa shape index (κ2) is 7.46. The van der Waals surface area contributed by atoms with E-state index in [0.29, 0.717) is 31.1 Å². The van der Waals surface area contributed by atoms with Gasteiger partial charge in [0.15, 0.2) is 11.5 Å². The van der Waals surface area contributed by atoms with Crippen LogP contribution < -0.4 is 5.32 Å². The predicted molar refractivity (Wildman–Crippen MR) is 86.6 cm³/mol. The molecule has 0 saturated carbocycles. The monoisotopic (exact) mass is 331 g/mol. The van der Waals surface area contributed by atoms with Crippen molar-refractivity contribution < 1.29 is 19.2 Å². The van der Waals surface area contributed by atoms with Crippen molar-refractivity contribution in [2.75, 3.05) is 26.3 Å². The van der Waals surface area contributed by atoms with Gasteiger partial charge < -0.3 is 19.7 Å². The van der Waals surface area contributed by atoms with Gasteiger partial charge in [0, 0.05) is 24.7 Å². The molecule has 7 nitrogen and oxygen atoms in total. The maximum absolute atomic E-state index is 12.3. The van der Waals surface area contributed by atoms with Gasteiger partial charge in [-0.1, -0.05) is 23.4 Å². The molecule has 1 fully saturated rings. The molecule has 1 amide bonds. The quantitative estimate of drug-likeness (QED) is 0.867. The van der Waals surface area contributed by atoms with Gasteiger partial charge in [0.05, 0.1) is 25.8 Å². The minimum atomic E-state index is -0.335. The Labute approximate surface area is 140 Å². The number of nitrogens with zero attached hydrogens (tertiary/aromatic N) is 2. The van der Waals surface area contributed by atoms with Crippen LogP contribution in [-0.4, -0.2) is 47.4 Å². The van der Waals surface area contributed by atoms with Crippen molar-refractivity contribution in [3.63, 3.8) is 0 Å². The molecule has 0 radical (unpaired) electrons. The minimum absolute atomic E-state index is 0.151. The summed E-state index contributed by atoms with van der Waals surface area (Å²) in [5.41, 5.74) is 0.892. The van der Waals surface area contributed by atoms with Crippen LogP contribution in [0.25, 0.3) is 0 Å². The first-order chi connectivity index (χ1) is 11.6. The van der Waals surface area contributed by atoms with E-state index in [0.717, 1.165) is 13.1 Å². The smallest absolute Gasteiger partial charge is 0.273 e. The number of aromatic nitrogens is 1. The molecule has 0 spiro atoms. The van der Waals surface area contributed by atoms with Crippen molar-refractivity contribution in [2.24, 2.45) is 0 Å². The molecule has 7 heteroatoms. The van der Waals surface area contributed by atoms with Crippen LogP contribution in [0.1, 0.15) is 34.8 Å². The molecule has 2 N–H and O–H groups in total. The lowest BCUT2D eigenvalue weighted by Crippen LogP contribution is -2.35. The van der Waals surface area contributed by atoms with Gasteiger partial charge in [-0.3, -0.25) is 9.69 Å². The van der Waals surface area contributed by atoms with Gasteiger partial charge in [0.25, 0.3) is 5.91 Å². The number of carbonyl (C=O) groups is 1. The lowest BCUT2D eigenvalue weighted by atomic mass is 10.1. The molecule has 1 aromatic carbocycles. The molecule has 24 heavy (non-hydrogen) atoms. The van der Waals surface area contributed by atoms with Gasteiger partial charge in [-0.2, -0.15) is 0 Å². The summed E-state index contributed by atoms with van der Waals surface area (Å²) < 4.78 is 10.6. The lowest BCUT2D eigenvalue weighted by Gasteiger charge is -2.25. The maximum atomic E-state index is 12.3. The molecule has 1 aliphatic rings. The number of phenolic OH excluding ortho intramolecular Hbond substituents is 1. The number of nitrogens with one attached hydrogen (secondary N) is 1. The zero-order valence-electron chi connectivity index (χ0n) is 13.6. The van der Waals surface area contributed by atoms with Crippen molar-refractivity contribution in [3.05, 3.63) is 47.3 Å². The third-order valence-corrected chi connectivity index (χ3v) is 4.03. The Bertz CT molecular complexity index is 695. The molecule has 2 aromatic rings. The van der Waals surface area contributed by atoms with Gasteiger partial charge in [-0.05, 0) is 13.0 Å². The van der Waals surface area contributed by atoms with E-state index in [1.165, 1.54) is 0 Å². The number of para-hydroxylation sites is 1. The molecule has 128 valence electrons. The van der Waals surface area contributed by atoms with Crippen molar-refractivity contribution in [2.45, 2.75) is 19.5 Å². The fourth-order valence-corrected chi connectivity index (χ4v) is 2.68. The van der Waals surface area contributed by atoms with Crippen LogP contribution in [0.3, 0.4) is 0 Å². The normalized spacial score (nSPS) is 16.7. The standard InChI is InChI=1S/C17H21N3O4/c1-12(14-4-2-3-5-16(14)21)18-17(22)15-10-13(24-19-15)11-20-6-8-23-9-7-20/h2-5,10,12,21H,6-9,11H2,1H3,(H,18,22)/t12-/m0/s1. The molecule has 0 aliphatic carbocycles. The Kier molecular flexibility index (Phi) is 5.12. The SMILES string of the molecule is C[C@H](NC(=O)c1cc(CN2CCOCC2)on1)c1ccccc1O. The first-order valence-corrected chi connectivity index (χ1v) is 7.98. The Morgan fingerprint density at radius 2 is 2.12 bits per heavy atom. The second-order valence-electron chi connectivity index (χ2n) is 5.82. The van der Waals surface area contributed by atoms with Crippen LogP contribution in [0.15, 0.2) is 34.9 Å². The number of morpholine rings is 1. The predicted octanol–water partition coefficient (Wildman–Crippen LogP) is 1.70. The number of aromatic hydroxyl groups is 1. The highest BCUT2D eigenvalue weighted by molar-refractivity contribution is 5.92. The summed E-state index contributed by atoms with van der Waals surface area (Å²) in [5.74, 6) is 0.471. The summed E-state index contributed by atoms with van der Waals surface area (Å²) in [4.78, 5) is 14.5. The number of amides is 1. The number of benzene rings is 1. The average Bonchev–Trinajstić information content (AvgIpc) is 3.04. The van der Waals surface area contributed by atoms with Crippen molar-refractivity contribution in [1.29, 1.82) is 0 Å². The van der Waals surface area contributed by atoms with Crippen LogP contribution >= 0.6 is 0 Å². The second-order valence-corrected chi connectivity index (χ2v) is 5.82. The van der Waals surface area contributed by atoms with E-state index in [1.54, 1.807) is 24.3 Å². The van der Waals surface area contributed by atoms with E-state index in [1.807, 2.05) is 13.0 Å². The summed E-state index contributed by atoms with van der Waals surface area (Å²) in [5, 5.41) is 16.5. The highest BCUT2D eigenvalue weighted by Crippen LogP contribution is 2.23. The topological polar surface area (TPSA) is 87.8 Å². The Morgan fingerprint density at radius 3 is 2.88 bits per heavy atom. The van der Waals surface area contributed by atoms with E-state index in [4.69, 9.17) is 9.26 Å². The van der Waals surface area contributed by atoms with Gasteiger partial charge in [-0.15, -0.1) is 0 Å². The minimum Gasteiger partial charge on any atom is -0.508 e. The third-order valence-electron chi connectivity index (χ3n) is 4.03. The van der Waals surface area contributed by atoms with Crippen LogP contribution in [0.2, 0.25) is 0 Å². The fourth-order valence-electron chi connectivity index (χ4n) is 2.68. The van der Waals surface area contributed by atoms with Crippen LogP contribution in [-0.2, 0) is 11.3 Å². The van der Waals surface area contributed by atoms with E-state index >= 15 is 0 Å². The summed E-state index contributed by atoms with van der Waals surface area (Å²) in [6.45, 7) is 5.51. The first kappa shape index (κ1) is 16.5. The molecule has 1 aliphatic heterocycles. The molecule has 1 saturated heterocycles. The highest BCUT2D eigenvalue weighted by atomic mass is 16.5. The maximum Gasteiger partial charge on any atom is 0.273 e. The van der Waals surface area contributed by atoms with Crippen molar-refractivity contribution in [3.8, 4) is 5.75 Å². The van der Waals surface area contributed by atoms with Crippen LogP contribution in [0.5, 0.6) is 5.75 Å². The number of hydrogen-bond donors (Lipinski definition) is 2. The van der Waals surface area contributed by atoms with E-state index < -0.39 is 0 Å². The summed E-state index contributed by atoms with van der Waals surface area (Å²) in [6, 6.07) is 8.24. The molecule has 2 heterocycles. The molecule has 3 rings (SSSR count). The number of hydrogen-bond acceptors (Lipinski definition) is 6. The Morgan fingerprint density at radius 1 is 1.38 bits per heavy atom. The molecule has 0 bridgehead atoms. The third kappa shape index (κ3) is 3.93.